The summed E-state index contributed by atoms with van der Waals surface area (Å²) < 4.78 is 5.07. The summed E-state index contributed by atoms with van der Waals surface area (Å²) in [6.07, 6.45) is 4.74. The van der Waals surface area contributed by atoms with Crippen LogP contribution < -0.4 is 5.73 Å². The van der Waals surface area contributed by atoms with Gasteiger partial charge >= 0.3 is 6.09 Å². The van der Waals surface area contributed by atoms with Gasteiger partial charge in [-0.3, -0.25) is 4.98 Å². The van der Waals surface area contributed by atoms with E-state index < -0.39 is 12.2 Å². The lowest BCUT2D eigenvalue weighted by Gasteiger charge is -2.16. The highest BCUT2D eigenvalue weighted by molar-refractivity contribution is 6.30. The maximum Gasteiger partial charge on any atom is 0.405 e. The summed E-state index contributed by atoms with van der Waals surface area (Å²) in [6.45, 7) is 6.27. The van der Waals surface area contributed by atoms with E-state index in [9.17, 15) is 4.79 Å². The topological polar surface area (TPSA) is 65.2 Å². The van der Waals surface area contributed by atoms with Crippen molar-refractivity contribution in [2.24, 2.45) is 11.1 Å². The Kier molecular flexibility index (Phi) is 5.36. The Labute approximate surface area is 118 Å². The molecule has 0 saturated carbocycles. The van der Waals surface area contributed by atoms with Gasteiger partial charge in [0.05, 0.1) is 5.69 Å². The van der Waals surface area contributed by atoms with E-state index in [1.807, 2.05) is 6.08 Å². The maximum absolute atomic E-state index is 10.9. The van der Waals surface area contributed by atoms with Crippen molar-refractivity contribution < 1.29 is 9.53 Å². The smallest absolute Gasteiger partial charge is 0.405 e. The average Bonchev–Trinajstić information content (AvgIpc) is 2.25. The van der Waals surface area contributed by atoms with Crippen LogP contribution in [0.2, 0.25) is 5.02 Å². The molecule has 0 aromatic carbocycles. The number of aromatic nitrogens is 1. The summed E-state index contributed by atoms with van der Waals surface area (Å²) in [5.41, 5.74) is 5.74. The molecule has 1 rings (SSSR count). The van der Waals surface area contributed by atoms with Crippen molar-refractivity contribution in [3.8, 4) is 0 Å². The zero-order valence-corrected chi connectivity index (χ0v) is 12.1. The number of nitrogens with zero attached hydrogens (tertiary/aromatic N) is 1. The van der Waals surface area contributed by atoms with Gasteiger partial charge in [0, 0.05) is 17.6 Å². The highest BCUT2D eigenvalue weighted by Gasteiger charge is 2.16. The molecule has 0 radical (unpaired) electrons. The first-order chi connectivity index (χ1) is 8.78. The second kappa shape index (κ2) is 6.57. The van der Waals surface area contributed by atoms with Crippen molar-refractivity contribution in [2.75, 3.05) is 0 Å². The zero-order valence-electron chi connectivity index (χ0n) is 11.4. The Bertz CT molecular complexity index is 467. The number of carbonyl (C=O) groups excluding carboxylic acids is 1. The van der Waals surface area contributed by atoms with Gasteiger partial charge in [-0.1, -0.05) is 44.5 Å². The second-order valence-electron chi connectivity index (χ2n) is 5.33. The number of nitrogens with two attached hydrogens (primary N) is 1. The molecule has 0 aliphatic carbocycles. The molecule has 0 fully saturated rings. The fourth-order valence-electron chi connectivity index (χ4n) is 1.51. The summed E-state index contributed by atoms with van der Waals surface area (Å²) in [6, 6.07) is 3.33. The Hall–Kier alpha value is -1.55. The molecule has 1 atom stereocenters. The molecule has 0 aliphatic rings. The number of hydrogen-bond donors (Lipinski definition) is 1. The molecule has 1 aromatic heterocycles. The van der Waals surface area contributed by atoms with E-state index >= 15 is 0 Å². The molecule has 0 bridgehead atoms. The van der Waals surface area contributed by atoms with Gasteiger partial charge in [0.2, 0.25) is 0 Å². The predicted octanol–water partition coefficient (Wildman–Crippen LogP) is 3.86. The minimum Gasteiger partial charge on any atom is -0.440 e. The van der Waals surface area contributed by atoms with Crippen molar-refractivity contribution in [1.29, 1.82) is 0 Å². The number of amides is 1. The highest BCUT2D eigenvalue weighted by Crippen LogP contribution is 2.24. The Morgan fingerprint density at radius 2 is 2.26 bits per heavy atom. The normalized spacial score (nSPS) is 13.5. The molecular weight excluding hydrogens is 264 g/mol. The molecule has 0 aliphatic heterocycles. The van der Waals surface area contributed by atoms with Crippen LogP contribution in [0.3, 0.4) is 0 Å². The largest absolute Gasteiger partial charge is 0.440 e. The van der Waals surface area contributed by atoms with Gasteiger partial charge in [0.1, 0.15) is 6.10 Å². The fraction of sp³-hybridized carbons (Fsp3) is 0.429. The van der Waals surface area contributed by atoms with Crippen LogP contribution in [0.15, 0.2) is 30.5 Å². The van der Waals surface area contributed by atoms with Crippen molar-refractivity contribution in [3.63, 3.8) is 0 Å². The average molecular weight is 283 g/mol. The third-order valence-electron chi connectivity index (χ3n) is 2.30. The number of carbonyl (C=O) groups is 1. The fourth-order valence-corrected chi connectivity index (χ4v) is 1.68. The number of hydrogen-bond acceptors (Lipinski definition) is 3. The van der Waals surface area contributed by atoms with Gasteiger partial charge < -0.3 is 10.5 Å². The highest BCUT2D eigenvalue weighted by atomic mass is 35.5. The lowest BCUT2D eigenvalue weighted by Crippen LogP contribution is -2.18. The molecular formula is C14H19ClN2O2. The molecule has 1 amide bonds. The minimum atomic E-state index is -0.823. The Morgan fingerprint density at radius 3 is 2.79 bits per heavy atom. The van der Waals surface area contributed by atoms with Gasteiger partial charge in [0.15, 0.2) is 0 Å². The molecule has 0 spiro atoms. The van der Waals surface area contributed by atoms with E-state index in [1.165, 1.54) is 0 Å². The van der Waals surface area contributed by atoms with Crippen LogP contribution in [0.4, 0.5) is 4.79 Å². The summed E-state index contributed by atoms with van der Waals surface area (Å²) in [5.74, 6) is 0. The first-order valence-corrected chi connectivity index (χ1v) is 6.41. The third-order valence-corrected chi connectivity index (χ3v) is 2.53. The molecule has 2 N–H and O–H groups in total. The Morgan fingerprint density at radius 1 is 1.58 bits per heavy atom. The SMILES string of the molecule is CC(C)(C)C=CC[C@@H](OC(N)=O)c1cc(Cl)ccn1. The van der Waals surface area contributed by atoms with Crippen LogP contribution in [0, 0.1) is 5.41 Å². The first-order valence-electron chi connectivity index (χ1n) is 6.03. The van der Waals surface area contributed by atoms with Crippen LogP contribution in [0.25, 0.3) is 0 Å². The lowest BCUT2D eigenvalue weighted by molar-refractivity contribution is 0.105. The van der Waals surface area contributed by atoms with Crippen molar-refractivity contribution >= 4 is 17.7 Å². The predicted molar refractivity (Wildman–Crippen MR) is 75.9 cm³/mol. The maximum atomic E-state index is 10.9. The minimum absolute atomic E-state index is 0.0685. The number of primary amides is 1. The van der Waals surface area contributed by atoms with Gasteiger partial charge in [-0.2, -0.15) is 0 Å². The van der Waals surface area contributed by atoms with Crippen LogP contribution in [0.5, 0.6) is 0 Å². The molecule has 1 heterocycles. The first kappa shape index (κ1) is 15.5. The number of pyridine rings is 1. The lowest BCUT2D eigenvalue weighted by atomic mass is 9.95. The van der Waals surface area contributed by atoms with E-state index in [-0.39, 0.29) is 5.41 Å². The van der Waals surface area contributed by atoms with Crippen LogP contribution >= 0.6 is 11.6 Å². The van der Waals surface area contributed by atoms with Gasteiger partial charge in [-0.25, -0.2) is 4.79 Å². The molecule has 5 heteroatoms. The third kappa shape index (κ3) is 6.25. The van der Waals surface area contributed by atoms with Crippen molar-refractivity contribution in [2.45, 2.75) is 33.3 Å². The van der Waals surface area contributed by atoms with Crippen molar-refractivity contribution in [1.82, 2.24) is 4.98 Å². The molecule has 4 nitrogen and oxygen atoms in total. The number of ether oxygens (including phenoxy) is 1. The van der Waals surface area contributed by atoms with E-state index in [1.54, 1.807) is 18.3 Å². The van der Waals surface area contributed by atoms with Crippen LogP contribution in [-0.4, -0.2) is 11.1 Å². The standard InChI is InChI=1S/C14H19ClN2O2/c1-14(2,3)7-4-5-12(19-13(16)18)11-9-10(15)6-8-17-11/h4,6-9,12H,5H2,1-3H3,(H2,16,18)/t12-/m1/s1. The van der Waals surface area contributed by atoms with Gasteiger partial charge in [-0.05, 0) is 17.5 Å². The van der Waals surface area contributed by atoms with Crippen molar-refractivity contribution in [3.05, 3.63) is 41.2 Å². The Balaban J connectivity index is 2.83. The summed E-state index contributed by atoms with van der Waals surface area (Å²) >= 11 is 5.90. The molecule has 104 valence electrons. The van der Waals surface area contributed by atoms with E-state index in [0.717, 1.165) is 0 Å². The summed E-state index contributed by atoms with van der Waals surface area (Å²) in [4.78, 5) is 15.1. The van der Waals surface area contributed by atoms with Crippen LogP contribution in [0.1, 0.15) is 39.0 Å². The number of halogens is 1. The summed E-state index contributed by atoms with van der Waals surface area (Å²) in [5, 5.41) is 0.544. The molecule has 19 heavy (non-hydrogen) atoms. The quantitative estimate of drug-likeness (QED) is 0.853. The van der Waals surface area contributed by atoms with Crippen LogP contribution in [-0.2, 0) is 4.74 Å². The molecule has 0 unspecified atom stereocenters. The van der Waals surface area contributed by atoms with Gasteiger partial charge in [-0.15, -0.1) is 0 Å². The molecule has 1 aromatic rings. The second-order valence-corrected chi connectivity index (χ2v) is 5.76. The van der Waals surface area contributed by atoms with E-state index in [0.29, 0.717) is 17.1 Å². The van der Waals surface area contributed by atoms with E-state index in [2.05, 4.69) is 31.8 Å². The zero-order chi connectivity index (χ0) is 14.5. The monoisotopic (exact) mass is 282 g/mol. The van der Waals surface area contributed by atoms with Gasteiger partial charge in [0.25, 0.3) is 0 Å². The summed E-state index contributed by atoms with van der Waals surface area (Å²) in [7, 11) is 0. The number of allylic oxidation sites excluding steroid dienone is 1. The molecule has 0 saturated heterocycles. The number of rotatable bonds is 4. The van der Waals surface area contributed by atoms with E-state index in [4.69, 9.17) is 22.1 Å².